The summed E-state index contributed by atoms with van der Waals surface area (Å²) in [5, 5.41) is 5.06. The number of nitrogens with one attached hydrogen (secondary N) is 1. The van der Waals surface area contributed by atoms with E-state index in [2.05, 4.69) is 29.6 Å². The van der Waals surface area contributed by atoms with Gasteiger partial charge in [0.2, 0.25) is 11.8 Å². The van der Waals surface area contributed by atoms with Crippen molar-refractivity contribution in [2.45, 2.75) is 38.8 Å². The van der Waals surface area contributed by atoms with Crippen LogP contribution >= 0.6 is 0 Å². The molecule has 0 bridgehead atoms. The number of nitrogens with zero attached hydrogens (tertiary/aromatic N) is 1. The molecule has 0 radical (unpaired) electrons. The van der Waals surface area contributed by atoms with Gasteiger partial charge in [0.25, 0.3) is 0 Å². The van der Waals surface area contributed by atoms with Crippen molar-refractivity contribution >= 4 is 22.6 Å². The van der Waals surface area contributed by atoms with Crippen molar-refractivity contribution in [3.05, 3.63) is 83.9 Å². The second kappa shape index (κ2) is 9.87. The minimum Gasteiger partial charge on any atom is -0.357 e. The van der Waals surface area contributed by atoms with Crippen LogP contribution in [0.4, 0.5) is 0 Å². The molecule has 0 aliphatic rings. The number of amides is 2. The molecule has 0 unspecified atom stereocenters. The van der Waals surface area contributed by atoms with Crippen LogP contribution in [0.1, 0.15) is 30.9 Å². The van der Waals surface area contributed by atoms with Crippen molar-refractivity contribution in [1.82, 2.24) is 10.2 Å². The zero-order valence-electron chi connectivity index (χ0n) is 17.1. The number of hydrogen-bond donors (Lipinski definition) is 1. The van der Waals surface area contributed by atoms with Gasteiger partial charge in [-0.25, -0.2) is 0 Å². The Hall–Kier alpha value is -3.14. The second-order valence-corrected chi connectivity index (χ2v) is 7.18. The fraction of sp³-hybridized carbons (Fsp3) is 0.280. The van der Waals surface area contributed by atoms with Crippen molar-refractivity contribution in [1.29, 1.82) is 0 Å². The summed E-state index contributed by atoms with van der Waals surface area (Å²) in [5.74, 6) is -0.126. The summed E-state index contributed by atoms with van der Waals surface area (Å²) in [7, 11) is 1.62. The van der Waals surface area contributed by atoms with Crippen LogP contribution in [0.3, 0.4) is 0 Å². The zero-order valence-corrected chi connectivity index (χ0v) is 17.1. The van der Waals surface area contributed by atoms with Gasteiger partial charge < -0.3 is 10.2 Å². The summed E-state index contributed by atoms with van der Waals surface area (Å²) >= 11 is 0. The summed E-state index contributed by atoms with van der Waals surface area (Å²) in [6, 6.07) is 23.8. The molecule has 29 heavy (non-hydrogen) atoms. The third-order valence-corrected chi connectivity index (χ3v) is 5.32. The largest absolute Gasteiger partial charge is 0.357 e. The number of fused-ring (bicyclic) bond motifs is 1. The van der Waals surface area contributed by atoms with Crippen LogP contribution in [0.15, 0.2) is 72.8 Å². The monoisotopic (exact) mass is 388 g/mol. The van der Waals surface area contributed by atoms with E-state index in [0.717, 1.165) is 11.1 Å². The predicted molar refractivity (Wildman–Crippen MR) is 117 cm³/mol. The Morgan fingerprint density at radius 2 is 1.62 bits per heavy atom. The summed E-state index contributed by atoms with van der Waals surface area (Å²) < 4.78 is 0. The number of carbonyl (C=O) groups excluding carboxylic acids is 2. The zero-order chi connectivity index (χ0) is 20.6. The molecule has 3 aromatic carbocycles. The van der Waals surface area contributed by atoms with Crippen molar-refractivity contribution in [2.24, 2.45) is 0 Å². The quantitative estimate of drug-likeness (QED) is 0.625. The molecule has 0 spiro atoms. The molecular weight excluding hydrogens is 360 g/mol. The highest BCUT2D eigenvalue weighted by Crippen LogP contribution is 2.21. The van der Waals surface area contributed by atoms with E-state index in [4.69, 9.17) is 0 Å². The lowest BCUT2D eigenvalue weighted by Crippen LogP contribution is -2.48. The highest BCUT2D eigenvalue weighted by Gasteiger charge is 2.27. The first kappa shape index (κ1) is 20.6. The summed E-state index contributed by atoms with van der Waals surface area (Å²) in [4.78, 5) is 27.4. The van der Waals surface area contributed by atoms with Gasteiger partial charge in [0.05, 0.1) is 0 Å². The van der Waals surface area contributed by atoms with E-state index in [9.17, 15) is 9.59 Å². The van der Waals surface area contributed by atoms with Gasteiger partial charge in [-0.05, 0) is 34.7 Å². The first-order valence-electron chi connectivity index (χ1n) is 10.2. The molecule has 4 nitrogen and oxygen atoms in total. The Labute approximate surface area is 172 Å². The third-order valence-electron chi connectivity index (χ3n) is 5.32. The van der Waals surface area contributed by atoms with Crippen LogP contribution in [0.5, 0.6) is 0 Å². The normalized spacial score (nSPS) is 11.8. The fourth-order valence-electron chi connectivity index (χ4n) is 3.76. The Bertz CT molecular complexity index is 963. The number of benzene rings is 3. The van der Waals surface area contributed by atoms with Gasteiger partial charge in [0.1, 0.15) is 6.04 Å². The lowest BCUT2D eigenvalue weighted by Gasteiger charge is -2.30. The van der Waals surface area contributed by atoms with E-state index < -0.39 is 6.04 Å². The second-order valence-electron chi connectivity index (χ2n) is 7.18. The van der Waals surface area contributed by atoms with Crippen LogP contribution < -0.4 is 5.32 Å². The van der Waals surface area contributed by atoms with Crippen molar-refractivity contribution in [3.8, 4) is 0 Å². The molecule has 2 amide bonds. The van der Waals surface area contributed by atoms with Gasteiger partial charge >= 0.3 is 0 Å². The molecule has 3 aromatic rings. The average molecular weight is 389 g/mol. The molecule has 150 valence electrons. The lowest BCUT2D eigenvalue weighted by molar-refractivity contribution is -0.141. The van der Waals surface area contributed by atoms with Gasteiger partial charge in [-0.3, -0.25) is 9.59 Å². The molecule has 0 fully saturated rings. The first-order chi connectivity index (χ1) is 14.1. The molecule has 0 aromatic heterocycles. The fourth-order valence-corrected chi connectivity index (χ4v) is 3.76. The van der Waals surface area contributed by atoms with E-state index in [1.165, 1.54) is 10.8 Å². The highest BCUT2D eigenvalue weighted by molar-refractivity contribution is 5.89. The Morgan fingerprint density at radius 3 is 2.34 bits per heavy atom. The molecule has 1 N–H and O–H groups in total. The van der Waals surface area contributed by atoms with Gasteiger partial charge in [0.15, 0.2) is 0 Å². The molecule has 3 rings (SSSR count). The van der Waals surface area contributed by atoms with Crippen molar-refractivity contribution in [3.63, 3.8) is 0 Å². The van der Waals surface area contributed by atoms with Gasteiger partial charge in [0, 0.05) is 20.0 Å². The highest BCUT2D eigenvalue weighted by atomic mass is 16.2. The minimum atomic E-state index is -0.472. The maximum Gasteiger partial charge on any atom is 0.242 e. The molecule has 0 saturated carbocycles. The Kier molecular flexibility index (Phi) is 7.01. The third kappa shape index (κ3) is 5.02. The van der Waals surface area contributed by atoms with E-state index in [1.807, 2.05) is 55.5 Å². The molecule has 1 atom stereocenters. The van der Waals surface area contributed by atoms with Crippen LogP contribution in [0, 0.1) is 0 Å². The smallest absolute Gasteiger partial charge is 0.242 e. The number of rotatable bonds is 8. The van der Waals surface area contributed by atoms with E-state index in [0.29, 0.717) is 25.8 Å². The van der Waals surface area contributed by atoms with Gasteiger partial charge in [-0.2, -0.15) is 0 Å². The Balaban J connectivity index is 1.80. The predicted octanol–water partition coefficient (Wildman–Crippen LogP) is 4.33. The maximum atomic E-state index is 13.2. The molecule has 0 aliphatic heterocycles. The first-order valence-corrected chi connectivity index (χ1v) is 10.2. The van der Waals surface area contributed by atoms with E-state index >= 15 is 0 Å². The lowest BCUT2D eigenvalue weighted by atomic mass is 10.00. The van der Waals surface area contributed by atoms with Crippen LogP contribution in [-0.2, 0) is 22.6 Å². The summed E-state index contributed by atoms with van der Waals surface area (Å²) in [6.07, 6.45) is 1.59. The topological polar surface area (TPSA) is 49.4 Å². The van der Waals surface area contributed by atoms with Crippen molar-refractivity contribution in [2.75, 3.05) is 7.05 Å². The standard InChI is InChI=1S/C25H28N2O2/c1-3-23(25(29)26-2)27(18-19-10-5-4-6-11-19)24(28)17-16-21-14-9-13-20-12-7-8-15-22(20)21/h4-15,23H,3,16-18H2,1-2H3,(H,26,29)/t23-/m0/s1. The average Bonchev–Trinajstić information content (AvgIpc) is 2.77. The number of aryl methyl sites for hydroxylation is 1. The number of likely N-dealkylation sites (N-methyl/N-ethyl adjacent to an activating group) is 1. The van der Waals surface area contributed by atoms with Crippen LogP contribution in [-0.4, -0.2) is 29.8 Å². The maximum absolute atomic E-state index is 13.2. The number of hydrogen-bond acceptors (Lipinski definition) is 2. The van der Waals surface area contributed by atoms with E-state index in [1.54, 1.807) is 11.9 Å². The van der Waals surface area contributed by atoms with Crippen molar-refractivity contribution < 1.29 is 9.59 Å². The van der Waals surface area contributed by atoms with Crippen LogP contribution in [0.2, 0.25) is 0 Å². The van der Waals surface area contributed by atoms with Gasteiger partial charge in [-0.15, -0.1) is 0 Å². The van der Waals surface area contributed by atoms with E-state index in [-0.39, 0.29) is 11.8 Å². The summed E-state index contributed by atoms with van der Waals surface area (Å²) in [5.41, 5.74) is 2.18. The van der Waals surface area contributed by atoms with Gasteiger partial charge in [-0.1, -0.05) is 79.7 Å². The summed E-state index contributed by atoms with van der Waals surface area (Å²) in [6.45, 7) is 2.37. The molecule has 4 heteroatoms. The SMILES string of the molecule is CC[C@@H](C(=O)NC)N(Cc1ccccc1)C(=O)CCc1cccc2ccccc12. The number of carbonyl (C=O) groups is 2. The molecule has 0 saturated heterocycles. The molecule has 0 heterocycles. The molecular formula is C25H28N2O2. The van der Waals surface area contributed by atoms with Crippen LogP contribution in [0.25, 0.3) is 10.8 Å². The Morgan fingerprint density at radius 1 is 0.931 bits per heavy atom. The minimum absolute atomic E-state index is 0.00256. The molecule has 0 aliphatic carbocycles.